The van der Waals surface area contributed by atoms with E-state index in [9.17, 15) is 9.59 Å². The number of anilines is 1. The molecule has 4 aromatic rings. The van der Waals surface area contributed by atoms with Crippen molar-refractivity contribution < 1.29 is 9.59 Å². The Morgan fingerprint density at radius 3 is 2.74 bits per heavy atom. The van der Waals surface area contributed by atoms with Crippen LogP contribution in [0, 0.1) is 6.92 Å². The van der Waals surface area contributed by atoms with Crippen LogP contribution in [0.3, 0.4) is 0 Å². The molecule has 2 aromatic heterocycles. The summed E-state index contributed by atoms with van der Waals surface area (Å²) >= 11 is 6.41. The van der Waals surface area contributed by atoms with E-state index in [2.05, 4.69) is 10.1 Å². The Kier molecular flexibility index (Phi) is 4.93. The molecule has 2 aliphatic heterocycles. The predicted molar refractivity (Wildman–Crippen MR) is 135 cm³/mol. The van der Waals surface area contributed by atoms with Gasteiger partial charge < -0.3 is 9.80 Å². The molecular formula is C27H24ClN5O2. The number of rotatable bonds is 2. The second-order valence-electron chi connectivity index (χ2n) is 9.43. The van der Waals surface area contributed by atoms with Gasteiger partial charge in [-0.25, -0.2) is 0 Å². The molecule has 7 nitrogen and oxygen atoms in total. The van der Waals surface area contributed by atoms with E-state index in [0.717, 1.165) is 33.3 Å². The second kappa shape index (κ2) is 7.92. The van der Waals surface area contributed by atoms with Crippen LogP contribution >= 0.6 is 11.6 Å². The smallest absolute Gasteiger partial charge is 0.272 e. The van der Waals surface area contributed by atoms with Crippen LogP contribution in [0.1, 0.15) is 33.7 Å². The summed E-state index contributed by atoms with van der Waals surface area (Å²) in [4.78, 5) is 35.8. The number of nitrogens with zero attached hydrogens (tertiary/aromatic N) is 5. The molecule has 1 spiro atoms. The molecule has 0 saturated carbocycles. The first-order chi connectivity index (χ1) is 16.9. The zero-order chi connectivity index (χ0) is 24.3. The Labute approximate surface area is 207 Å². The molecule has 1 fully saturated rings. The lowest BCUT2D eigenvalue weighted by molar-refractivity contribution is -0.122. The summed E-state index contributed by atoms with van der Waals surface area (Å²) in [7, 11) is 1.77. The van der Waals surface area contributed by atoms with E-state index >= 15 is 0 Å². The highest BCUT2D eigenvalue weighted by atomic mass is 35.5. The quantitative estimate of drug-likeness (QED) is 0.425. The maximum Gasteiger partial charge on any atom is 0.272 e. The Bertz CT molecular complexity index is 1510. The fourth-order valence-electron chi connectivity index (χ4n) is 5.63. The van der Waals surface area contributed by atoms with Crippen molar-refractivity contribution in [3.63, 3.8) is 0 Å². The number of aryl methyl sites for hydroxylation is 2. The maximum atomic E-state index is 14.3. The molecule has 0 aliphatic carbocycles. The fourth-order valence-corrected chi connectivity index (χ4v) is 5.80. The van der Waals surface area contributed by atoms with E-state index in [1.54, 1.807) is 35.1 Å². The molecule has 0 N–H and O–H groups in total. The van der Waals surface area contributed by atoms with Gasteiger partial charge in [-0.3, -0.25) is 19.3 Å². The minimum atomic E-state index is -0.876. The number of pyridine rings is 1. The molecule has 1 atom stereocenters. The highest BCUT2D eigenvalue weighted by Gasteiger charge is 2.53. The lowest BCUT2D eigenvalue weighted by Gasteiger charge is -2.40. The van der Waals surface area contributed by atoms with Gasteiger partial charge >= 0.3 is 0 Å². The summed E-state index contributed by atoms with van der Waals surface area (Å²) < 4.78 is 1.60. The summed E-state index contributed by atoms with van der Waals surface area (Å²) in [6, 6.07) is 15.4. The van der Waals surface area contributed by atoms with Crippen molar-refractivity contribution in [1.29, 1.82) is 0 Å². The SMILES string of the molecule is Cc1cc(C(=O)N2Cc3ccc(Cl)cc3C3(CCN(c4cncc5ccccc45)C3=O)C2)n(C)n1. The summed E-state index contributed by atoms with van der Waals surface area (Å²) in [5.41, 5.74) is 3.06. The molecule has 2 aromatic carbocycles. The third-order valence-electron chi connectivity index (χ3n) is 7.27. The molecular weight excluding hydrogens is 462 g/mol. The van der Waals surface area contributed by atoms with Crippen LogP contribution in [-0.4, -0.2) is 44.6 Å². The van der Waals surface area contributed by atoms with Gasteiger partial charge in [-0.05, 0) is 42.7 Å². The van der Waals surface area contributed by atoms with Crippen LogP contribution in [0.4, 0.5) is 5.69 Å². The highest BCUT2D eigenvalue weighted by Crippen LogP contribution is 2.45. The number of hydrogen-bond donors (Lipinski definition) is 0. The number of halogens is 1. The first kappa shape index (κ1) is 21.8. The molecule has 35 heavy (non-hydrogen) atoms. The molecule has 2 aliphatic rings. The Balaban J connectivity index is 1.45. The zero-order valence-corrected chi connectivity index (χ0v) is 20.3. The number of amides is 2. The lowest BCUT2D eigenvalue weighted by atomic mass is 9.73. The van der Waals surface area contributed by atoms with Crippen molar-refractivity contribution in [2.24, 2.45) is 7.05 Å². The number of hydrogen-bond acceptors (Lipinski definition) is 4. The molecule has 6 rings (SSSR count). The van der Waals surface area contributed by atoms with Crippen LogP contribution in [0.2, 0.25) is 5.02 Å². The van der Waals surface area contributed by atoms with Gasteiger partial charge in [-0.2, -0.15) is 5.10 Å². The number of fused-ring (bicyclic) bond motifs is 3. The Hall–Kier alpha value is -3.71. The third kappa shape index (κ3) is 3.33. The van der Waals surface area contributed by atoms with Crippen molar-refractivity contribution in [1.82, 2.24) is 19.7 Å². The van der Waals surface area contributed by atoms with Crippen LogP contribution in [0.15, 0.2) is 60.9 Å². The van der Waals surface area contributed by atoms with Crippen LogP contribution < -0.4 is 4.90 Å². The van der Waals surface area contributed by atoms with Crippen molar-refractivity contribution in [3.8, 4) is 0 Å². The first-order valence-corrected chi connectivity index (χ1v) is 12.0. The van der Waals surface area contributed by atoms with Crippen molar-refractivity contribution in [2.45, 2.75) is 25.3 Å². The highest BCUT2D eigenvalue weighted by molar-refractivity contribution is 6.30. The summed E-state index contributed by atoms with van der Waals surface area (Å²) in [6.07, 6.45) is 4.14. The van der Waals surface area contributed by atoms with Gasteiger partial charge in [0.2, 0.25) is 5.91 Å². The van der Waals surface area contributed by atoms with Crippen LogP contribution in [-0.2, 0) is 23.8 Å². The average Bonchev–Trinajstić information content (AvgIpc) is 3.37. The van der Waals surface area contributed by atoms with E-state index in [4.69, 9.17) is 11.6 Å². The minimum absolute atomic E-state index is 0.0298. The molecule has 8 heteroatoms. The number of aromatic nitrogens is 3. The molecule has 1 unspecified atom stereocenters. The zero-order valence-electron chi connectivity index (χ0n) is 19.5. The molecule has 1 saturated heterocycles. The van der Waals surface area contributed by atoms with E-state index < -0.39 is 5.41 Å². The minimum Gasteiger partial charge on any atom is -0.332 e. The Morgan fingerprint density at radius 2 is 1.94 bits per heavy atom. The number of carbonyl (C=O) groups excluding carboxylic acids is 2. The normalized spacial score (nSPS) is 19.6. The molecule has 2 amide bonds. The first-order valence-electron chi connectivity index (χ1n) is 11.6. The topological polar surface area (TPSA) is 71.3 Å². The van der Waals surface area contributed by atoms with Gasteiger partial charge in [0, 0.05) is 48.7 Å². The van der Waals surface area contributed by atoms with Crippen molar-refractivity contribution >= 4 is 39.9 Å². The van der Waals surface area contributed by atoms with Crippen molar-refractivity contribution in [3.05, 3.63) is 88.5 Å². The van der Waals surface area contributed by atoms with E-state index in [0.29, 0.717) is 30.2 Å². The van der Waals surface area contributed by atoms with E-state index in [1.807, 2.05) is 54.3 Å². The third-order valence-corrected chi connectivity index (χ3v) is 7.51. The molecule has 4 heterocycles. The molecule has 0 radical (unpaired) electrons. The summed E-state index contributed by atoms with van der Waals surface area (Å²) in [6.45, 7) is 3.10. The largest absolute Gasteiger partial charge is 0.332 e. The van der Waals surface area contributed by atoms with Gasteiger partial charge in [0.15, 0.2) is 0 Å². The van der Waals surface area contributed by atoms with E-state index in [-0.39, 0.29) is 18.4 Å². The van der Waals surface area contributed by atoms with Crippen molar-refractivity contribution in [2.75, 3.05) is 18.0 Å². The monoisotopic (exact) mass is 485 g/mol. The van der Waals surface area contributed by atoms with Gasteiger partial charge in [0.25, 0.3) is 5.91 Å². The predicted octanol–water partition coefficient (Wildman–Crippen LogP) is 4.26. The lowest BCUT2D eigenvalue weighted by Crippen LogP contribution is -2.52. The second-order valence-corrected chi connectivity index (χ2v) is 9.86. The maximum absolute atomic E-state index is 14.3. The standard InChI is InChI=1S/C27H24ClN5O2/c1-17-11-23(31(2)30-17)25(34)32-15-19-7-8-20(28)12-22(19)27(16-32)9-10-33(26(27)35)24-14-29-13-18-5-3-4-6-21(18)24/h3-8,11-14H,9-10,15-16H2,1-2H3. The molecule has 0 bridgehead atoms. The van der Waals surface area contributed by atoms with Gasteiger partial charge in [0.1, 0.15) is 5.69 Å². The summed E-state index contributed by atoms with van der Waals surface area (Å²) in [5.74, 6) is -0.163. The number of carbonyl (C=O) groups is 2. The van der Waals surface area contributed by atoms with E-state index in [1.165, 1.54) is 0 Å². The summed E-state index contributed by atoms with van der Waals surface area (Å²) in [5, 5.41) is 6.88. The van der Waals surface area contributed by atoms with Gasteiger partial charge in [0.05, 0.1) is 23.0 Å². The van der Waals surface area contributed by atoms with Gasteiger partial charge in [-0.15, -0.1) is 0 Å². The van der Waals surface area contributed by atoms with Gasteiger partial charge in [-0.1, -0.05) is 41.9 Å². The number of benzene rings is 2. The molecule has 176 valence electrons. The fraction of sp³-hybridized carbons (Fsp3) is 0.259. The van der Waals surface area contributed by atoms with Crippen LogP contribution in [0.5, 0.6) is 0 Å². The average molecular weight is 486 g/mol. The van der Waals surface area contributed by atoms with Crippen LogP contribution in [0.25, 0.3) is 10.8 Å². The Morgan fingerprint density at radius 1 is 1.11 bits per heavy atom.